The molecule has 0 saturated carbocycles. The Morgan fingerprint density at radius 2 is 1.81 bits per heavy atom. The first-order valence-corrected chi connectivity index (χ1v) is 12.2. The lowest BCUT2D eigenvalue weighted by molar-refractivity contribution is -0.480. The van der Waals surface area contributed by atoms with Crippen molar-refractivity contribution in [1.29, 1.82) is 0 Å². The molecule has 0 aliphatic carbocycles. The lowest BCUT2D eigenvalue weighted by Gasteiger charge is -2.15. The second kappa shape index (κ2) is 13.7. The number of nitrogens with one attached hydrogen (secondary N) is 4. The van der Waals surface area contributed by atoms with Crippen LogP contribution in [-0.4, -0.2) is 57.9 Å². The number of aromatic nitrogens is 1. The van der Waals surface area contributed by atoms with E-state index in [1.165, 1.54) is 22.7 Å². The maximum Gasteiger partial charge on any atom is 0.418 e. The van der Waals surface area contributed by atoms with E-state index in [9.17, 15) is 37.9 Å². The Balaban J connectivity index is 1.59. The van der Waals surface area contributed by atoms with Gasteiger partial charge in [0.05, 0.1) is 6.54 Å². The molecule has 0 radical (unpaired) electrons. The van der Waals surface area contributed by atoms with E-state index in [-0.39, 0.29) is 24.7 Å². The van der Waals surface area contributed by atoms with Gasteiger partial charge in [-0.2, -0.15) is 8.78 Å². The Morgan fingerprint density at radius 1 is 1.10 bits per heavy atom. The van der Waals surface area contributed by atoms with Crippen molar-refractivity contribution >= 4 is 35.4 Å². The minimum absolute atomic E-state index is 0.000872. The van der Waals surface area contributed by atoms with Crippen molar-refractivity contribution in [2.24, 2.45) is 5.73 Å². The number of carbonyl (C=O) groups excluding carboxylic acids is 3. The number of hydrogen-bond donors (Lipinski definition) is 6. The number of amides is 2. The van der Waals surface area contributed by atoms with E-state index in [1.807, 2.05) is 5.48 Å². The predicted octanol–water partition coefficient (Wildman–Crippen LogP) is -0.993. The number of carbonyl (C=O) groups is 4. The number of pyridine rings is 2. The summed E-state index contributed by atoms with van der Waals surface area (Å²) in [4.78, 5) is 66.8. The number of aliphatic carboxylic acids is 1. The van der Waals surface area contributed by atoms with Gasteiger partial charge in [-0.25, -0.2) is 14.4 Å². The number of carboxylic acids is 1. The summed E-state index contributed by atoms with van der Waals surface area (Å²) in [5.41, 5.74) is 8.26. The molecule has 2 amide bonds. The van der Waals surface area contributed by atoms with Gasteiger partial charge in [0, 0.05) is 42.4 Å². The Labute approximate surface area is 236 Å². The maximum absolute atomic E-state index is 12.8. The molecule has 0 aliphatic heterocycles. The first-order chi connectivity index (χ1) is 19.8. The highest BCUT2D eigenvalue weighted by atomic mass is 19.3. The van der Waals surface area contributed by atoms with E-state index >= 15 is 0 Å². The third kappa shape index (κ3) is 9.00. The van der Waals surface area contributed by atoms with E-state index in [0.29, 0.717) is 23.6 Å². The average molecular weight is 590 g/mol. The first-order valence-electron chi connectivity index (χ1n) is 12.2. The fourth-order valence-corrected chi connectivity index (χ4v) is 3.33. The minimum atomic E-state index is -3.71. The molecule has 0 aliphatic rings. The summed E-state index contributed by atoms with van der Waals surface area (Å²) in [6.45, 7) is -0.210. The molecule has 0 fully saturated rings. The predicted molar refractivity (Wildman–Crippen MR) is 141 cm³/mol. The zero-order valence-corrected chi connectivity index (χ0v) is 22.1. The number of nitrogens with two attached hydrogens (primary N) is 1. The molecule has 1 unspecified atom stereocenters. The number of ether oxygens (including phenoxy) is 1. The number of hydroxylamine groups is 1. The third-order valence-electron chi connectivity index (χ3n) is 5.49. The van der Waals surface area contributed by atoms with Crippen LogP contribution < -0.4 is 32.4 Å². The molecular formula is C26H27F2N6O8+. The second-order valence-corrected chi connectivity index (χ2v) is 8.87. The highest BCUT2D eigenvalue weighted by Gasteiger charge is 2.36. The van der Waals surface area contributed by atoms with Gasteiger partial charge in [0.25, 0.3) is 11.5 Å². The number of fused-ring (bicyclic) bond motifs is 1. The van der Waals surface area contributed by atoms with Gasteiger partial charge in [-0.3, -0.25) is 29.6 Å². The van der Waals surface area contributed by atoms with Crippen molar-refractivity contribution in [3.8, 4) is 0 Å². The summed E-state index contributed by atoms with van der Waals surface area (Å²) >= 11 is 0. The molecule has 0 bridgehead atoms. The van der Waals surface area contributed by atoms with E-state index < -0.39 is 48.0 Å². The van der Waals surface area contributed by atoms with Crippen LogP contribution in [0.1, 0.15) is 28.4 Å². The fourth-order valence-electron chi connectivity index (χ4n) is 3.33. The van der Waals surface area contributed by atoms with Crippen LogP contribution in [0.3, 0.4) is 0 Å². The summed E-state index contributed by atoms with van der Waals surface area (Å²) < 4.78 is 31.9. The van der Waals surface area contributed by atoms with E-state index in [2.05, 4.69) is 20.5 Å². The van der Waals surface area contributed by atoms with Gasteiger partial charge in [0.15, 0.2) is 0 Å². The summed E-state index contributed by atoms with van der Waals surface area (Å²) in [5, 5.41) is 14.0. The van der Waals surface area contributed by atoms with Gasteiger partial charge in [0.2, 0.25) is 0 Å². The Bertz CT molecular complexity index is 1560. The largest absolute Gasteiger partial charge is 0.480 e. The number of benzene rings is 1. The van der Waals surface area contributed by atoms with Crippen LogP contribution in [0.25, 0.3) is 5.52 Å². The number of carboxylic acid groups (broad SMARTS) is 1. The van der Waals surface area contributed by atoms with Gasteiger partial charge in [-0.15, -0.1) is 0 Å². The number of nitrogens with zero attached hydrogens (tertiary/aromatic N) is 1. The van der Waals surface area contributed by atoms with Gasteiger partial charge in [0.1, 0.15) is 12.6 Å². The molecule has 42 heavy (non-hydrogen) atoms. The van der Waals surface area contributed by atoms with Crippen molar-refractivity contribution < 1.29 is 47.6 Å². The number of guanidine groups is 1. The van der Waals surface area contributed by atoms with Crippen LogP contribution in [0.5, 0.6) is 0 Å². The van der Waals surface area contributed by atoms with Crippen LogP contribution in [0.2, 0.25) is 0 Å². The SMILES string of the molecule is CC(F)(F)C(=O)ONC(N)=[NH+]Cc1ccc2cc(C(=O)NCC(NC(=O)OCc3ccccc3)C(=O)O)cc(=O)n2c1. The fraction of sp³-hybridized carbons (Fsp3) is 0.231. The van der Waals surface area contributed by atoms with E-state index in [0.717, 1.165) is 6.07 Å². The zero-order valence-electron chi connectivity index (χ0n) is 22.1. The first kappa shape index (κ1) is 31.0. The molecule has 7 N–H and O–H groups in total. The molecule has 0 saturated heterocycles. The minimum Gasteiger partial charge on any atom is -0.480 e. The van der Waals surface area contributed by atoms with Gasteiger partial charge < -0.3 is 20.5 Å². The van der Waals surface area contributed by atoms with Crippen molar-refractivity contribution in [3.05, 3.63) is 87.8 Å². The number of hydrogen-bond acceptors (Lipinski definition) is 7. The molecule has 2 aromatic heterocycles. The highest BCUT2D eigenvalue weighted by Crippen LogP contribution is 2.12. The topological polar surface area (TPSA) is 205 Å². The molecule has 0 spiro atoms. The van der Waals surface area contributed by atoms with Crippen molar-refractivity contribution in [1.82, 2.24) is 20.5 Å². The third-order valence-corrected chi connectivity index (χ3v) is 5.49. The normalized spacial score (nSPS) is 12.2. The van der Waals surface area contributed by atoms with Crippen molar-refractivity contribution in [2.45, 2.75) is 32.0 Å². The number of halogens is 2. The molecule has 3 aromatic rings. The summed E-state index contributed by atoms with van der Waals surface area (Å²) in [6.07, 6.45) is 0.436. The van der Waals surface area contributed by atoms with Gasteiger partial charge in [-0.1, -0.05) is 41.9 Å². The summed E-state index contributed by atoms with van der Waals surface area (Å²) in [6, 6.07) is 12.7. The Hall–Kier alpha value is -5.54. The van der Waals surface area contributed by atoms with Crippen LogP contribution in [0, 0.1) is 0 Å². The lowest BCUT2D eigenvalue weighted by atomic mass is 10.2. The molecule has 2 heterocycles. The van der Waals surface area contributed by atoms with Crippen LogP contribution in [0.4, 0.5) is 13.6 Å². The highest BCUT2D eigenvalue weighted by molar-refractivity contribution is 5.95. The summed E-state index contributed by atoms with van der Waals surface area (Å²) in [7, 11) is 0. The smallest absolute Gasteiger partial charge is 0.418 e. The average Bonchev–Trinajstić information content (AvgIpc) is 2.95. The quantitative estimate of drug-likeness (QED) is 0.0967. The molecular weight excluding hydrogens is 562 g/mol. The lowest BCUT2D eigenvalue weighted by Crippen LogP contribution is -2.77. The van der Waals surface area contributed by atoms with Crippen molar-refractivity contribution in [2.75, 3.05) is 6.54 Å². The van der Waals surface area contributed by atoms with Gasteiger partial charge in [-0.05, 0) is 17.7 Å². The van der Waals surface area contributed by atoms with Crippen LogP contribution in [-0.2, 0) is 32.3 Å². The monoisotopic (exact) mass is 589 g/mol. The Kier molecular flexibility index (Phi) is 10.1. The number of alkyl carbamates (subject to hydrolysis) is 1. The number of alkyl halides is 2. The molecule has 1 atom stereocenters. The van der Waals surface area contributed by atoms with Crippen LogP contribution in [0.15, 0.2) is 65.6 Å². The maximum atomic E-state index is 12.8. The summed E-state index contributed by atoms with van der Waals surface area (Å²) in [5.74, 6) is -8.06. The zero-order chi connectivity index (χ0) is 30.9. The van der Waals surface area contributed by atoms with Crippen LogP contribution >= 0.6 is 0 Å². The number of rotatable bonds is 10. The molecule has 3 rings (SSSR count). The van der Waals surface area contributed by atoms with Gasteiger partial charge >= 0.3 is 29.9 Å². The molecule has 1 aromatic carbocycles. The second-order valence-electron chi connectivity index (χ2n) is 8.87. The Morgan fingerprint density at radius 3 is 2.48 bits per heavy atom. The standard InChI is InChI=1S/C26H26F2N6O8/c1-26(27,28)23(39)42-33-24(29)31-11-16-7-8-18-9-17(10-20(35)34(18)13-16)21(36)30-12-19(22(37)38)32-25(40)41-14-15-5-3-2-4-6-15/h2-10,13,19H,11-12,14H2,1H3,(H,30,36)(H,32,40)(H,37,38)(H3,29,31,33)/p+1. The van der Waals surface area contributed by atoms with E-state index in [4.69, 9.17) is 10.5 Å². The van der Waals surface area contributed by atoms with Crippen molar-refractivity contribution in [3.63, 3.8) is 0 Å². The van der Waals surface area contributed by atoms with E-state index in [1.54, 1.807) is 36.4 Å². The molecule has 14 nitrogen and oxygen atoms in total. The molecule has 222 valence electrons. The molecule has 16 heteroatoms.